The monoisotopic (exact) mass is 200 g/mol. The Labute approximate surface area is 83.1 Å². The number of thioether (sulfide) groups is 1. The zero-order chi connectivity index (χ0) is 9.68. The predicted molar refractivity (Wildman–Crippen MR) is 56.0 cm³/mol. The van der Waals surface area contributed by atoms with Crippen LogP contribution in [0.1, 0.15) is 12.5 Å². The number of aryl methyl sites for hydroxylation is 1. The number of aliphatic hydroxyl groups excluding tert-OH is 1. The third kappa shape index (κ3) is 3.40. The molecular formula is C9H16N2OS. The molecule has 4 heteroatoms. The van der Waals surface area contributed by atoms with Gasteiger partial charge >= 0.3 is 0 Å². The molecule has 0 aliphatic heterocycles. The molecular weight excluding hydrogens is 184 g/mol. The number of aromatic nitrogens is 2. The summed E-state index contributed by atoms with van der Waals surface area (Å²) in [6, 6.07) is 0. The van der Waals surface area contributed by atoms with Crippen LogP contribution in [0.4, 0.5) is 0 Å². The minimum absolute atomic E-state index is 0.246. The molecule has 74 valence electrons. The summed E-state index contributed by atoms with van der Waals surface area (Å²) in [6.45, 7) is 2.94. The predicted octanol–water partition coefficient (Wildman–Crippen LogP) is 1.17. The van der Waals surface area contributed by atoms with Crippen molar-refractivity contribution in [3.63, 3.8) is 0 Å². The SMILES string of the molecule is CCn1cc(CC(O)CSC)cn1. The number of hydrogen-bond acceptors (Lipinski definition) is 3. The average Bonchev–Trinajstić information content (AvgIpc) is 2.52. The largest absolute Gasteiger partial charge is 0.392 e. The maximum atomic E-state index is 9.53. The van der Waals surface area contributed by atoms with Gasteiger partial charge < -0.3 is 5.11 Å². The van der Waals surface area contributed by atoms with Crippen LogP contribution in [0.15, 0.2) is 12.4 Å². The molecule has 0 bridgehead atoms. The third-order valence-corrected chi connectivity index (χ3v) is 2.56. The lowest BCUT2D eigenvalue weighted by Crippen LogP contribution is -2.12. The molecule has 0 radical (unpaired) electrons. The summed E-state index contributed by atoms with van der Waals surface area (Å²) in [5.41, 5.74) is 1.11. The van der Waals surface area contributed by atoms with Crippen molar-refractivity contribution in [3.8, 4) is 0 Å². The minimum atomic E-state index is -0.246. The Morgan fingerprint density at radius 3 is 3.00 bits per heavy atom. The Bertz CT molecular complexity index is 250. The Kier molecular flexibility index (Phi) is 4.32. The van der Waals surface area contributed by atoms with E-state index in [-0.39, 0.29) is 6.10 Å². The zero-order valence-corrected chi connectivity index (χ0v) is 8.92. The lowest BCUT2D eigenvalue weighted by atomic mass is 10.2. The van der Waals surface area contributed by atoms with Crippen molar-refractivity contribution in [2.24, 2.45) is 0 Å². The second-order valence-electron chi connectivity index (χ2n) is 3.02. The first-order chi connectivity index (χ1) is 6.26. The van der Waals surface area contributed by atoms with Gasteiger partial charge in [0, 0.05) is 24.9 Å². The van der Waals surface area contributed by atoms with E-state index in [1.54, 1.807) is 11.8 Å². The van der Waals surface area contributed by atoms with E-state index in [1.807, 2.05) is 23.3 Å². The molecule has 1 rings (SSSR count). The molecule has 0 aliphatic carbocycles. The van der Waals surface area contributed by atoms with Crippen molar-refractivity contribution in [2.45, 2.75) is 26.0 Å². The van der Waals surface area contributed by atoms with E-state index in [1.165, 1.54) is 0 Å². The second kappa shape index (κ2) is 5.29. The van der Waals surface area contributed by atoms with E-state index < -0.39 is 0 Å². The third-order valence-electron chi connectivity index (χ3n) is 1.84. The maximum Gasteiger partial charge on any atom is 0.0671 e. The second-order valence-corrected chi connectivity index (χ2v) is 3.93. The number of nitrogens with zero attached hydrogens (tertiary/aromatic N) is 2. The van der Waals surface area contributed by atoms with Crippen molar-refractivity contribution in [3.05, 3.63) is 18.0 Å². The quantitative estimate of drug-likeness (QED) is 0.775. The van der Waals surface area contributed by atoms with Gasteiger partial charge in [0.25, 0.3) is 0 Å². The molecule has 0 aliphatic rings. The summed E-state index contributed by atoms with van der Waals surface area (Å²) in [5.74, 6) is 0.789. The molecule has 1 aromatic rings. The van der Waals surface area contributed by atoms with Gasteiger partial charge in [-0.25, -0.2) is 0 Å². The van der Waals surface area contributed by atoms with Gasteiger partial charge in [0.15, 0.2) is 0 Å². The van der Waals surface area contributed by atoms with Crippen LogP contribution >= 0.6 is 11.8 Å². The van der Waals surface area contributed by atoms with Gasteiger partial charge in [-0.1, -0.05) is 0 Å². The fraction of sp³-hybridized carbons (Fsp3) is 0.667. The Morgan fingerprint density at radius 2 is 2.46 bits per heavy atom. The summed E-state index contributed by atoms with van der Waals surface area (Å²) in [6.07, 6.45) is 6.28. The highest BCUT2D eigenvalue weighted by Gasteiger charge is 2.05. The summed E-state index contributed by atoms with van der Waals surface area (Å²) >= 11 is 1.66. The lowest BCUT2D eigenvalue weighted by Gasteiger charge is -2.05. The molecule has 1 aromatic heterocycles. The maximum absolute atomic E-state index is 9.53. The van der Waals surface area contributed by atoms with Crippen molar-refractivity contribution >= 4 is 11.8 Å². The Hall–Kier alpha value is -0.480. The standard InChI is InChI=1S/C9H16N2OS/c1-3-11-6-8(5-10-11)4-9(12)7-13-2/h5-6,9,12H,3-4,7H2,1-2H3. The number of hydrogen-bond donors (Lipinski definition) is 1. The summed E-state index contributed by atoms with van der Waals surface area (Å²) in [7, 11) is 0. The van der Waals surface area contributed by atoms with Crippen LogP contribution in [0.5, 0.6) is 0 Å². The molecule has 3 nitrogen and oxygen atoms in total. The van der Waals surface area contributed by atoms with Crippen molar-refractivity contribution in [1.29, 1.82) is 0 Å². The summed E-state index contributed by atoms with van der Waals surface area (Å²) < 4.78 is 1.88. The van der Waals surface area contributed by atoms with Crippen molar-refractivity contribution < 1.29 is 5.11 Å². The minimum Gasteiger partial charge on any atom is -0.392 e. The number of rotatable bonds is 5. The van der Waals surface area contributed by atoms with Crippen LogP contribution in [-0.2, 0) is 13.0 Å². The van der Waals surface area contributed by atoms with E-state index in [9.17, 15) is 5.11 Å². The normalized spacial score (nSPS) is 13.2. The molecule has 0 saturated heterocycles. The highest BCUT2D eigenvalue weighted by molar-refractivity contribution is 7.98. The molecule has 0 aromatic carbocycles. The van der Waals surface area contributed by atoms with Gasteiger partial charge in [-0.15, -0.1) is 0 Å². The van der Waals surface area contributed by atoms with E-state index in [0.717, 1.165) is 17.9 Å². The molecule has 1 heterocycles. The molecule has 1 unspecified atom stereocenters. The van der Waals surface area contributed by atoms with Gasteiger partial charge in [0.1, 0.15) is 0 Å². The summed E-state index contributed by atoms with van der Waals surface area (Å²) in [4.78, 5) is 0. The van der Waals surface area contributed by atoms with Crippen LogP contribution in [0.2, 0.25) is 0 Å². The molecule has 1 atom stereocenters. The van der Waals surface area contributed by atoms with E-state index in [4.69, 9.17) is 0 Å². The smallest absolute Gasteiger partial charge is 0.0671 e. The highest BCUT2D eigenvalue weighted by Crippen LogP contribution is 2.06. The Morgan fingerprint density at radius 1 is 1.69 bits per heavy atom. The first-order valence-electron chi connectivity index (χ1n) is 4.44. The van der Waals surface area contributed by atoms with Crippen LogP contribution in [0.25, 0.3) is 0 Å². The average molecular weight is 200 g/mol. The van der Waals surface area contributed by atoms with Gasteiger partial charge in [0.2, 0.25) is 0 Å². The van der Waals surface area contributed by atoms with Gasteiger partial charge in [-0.2, -0.15) is 16.9 Å². The van der Waals surface area contributed by atoms with Gasteiger partial charge in [-0.05, 0) is 18.7 Å². The first kappa shape index (κ1) is 10.6. The topological polar surface area (TPSA) is 38.0 Å². The van der Waals surface area contributed by atoms with Crippen LogP contribution in [-0.4, -0.2) is 33.0 Å². The molecule has 0 spiro atoms. The van der Waals surface area contributed by atoms with Gasteiger partial charge in [-0.3, -0.25) is 4.68 Å². The molecule has 0 amide bonds. The fourth-order valence-corrected chi connectivity index (χ4v) is 1.71. The molecule has 13 heavy (non-hydrogen) atoms. The van der Waals surface area contributed by atoms with E-state index >= 15 is 0 Å². The number of aliphatic hydroxyl groups is 1. The van der Waals surface area contributed by atoms with Crippen LogP contribution in [0.3, 0.4) is 0 Å². The van der Waals surface area contributed by atoms with Crippen LogP contribution in [0, 0.1) is 0 Å². The summed E-state index contributed by atoms with van der Waals surface area (Å²) in [5, 5.41) is 13.7. The van der Waals surface area contributed by atoms with Gasteiger partial charge in [0.05, 0.1) is 12.3 Å². The van der Waals surface area contributed by atoms with Crippen molar-refractivity contribution in [1.82, 2.24) is 9.78 Å². The molecule has 0 saturated carbocycles. The molecule has 1 N–H and O–H groups in total. The first-order valence-corrected chi connectivity index (χ1v) is 5.84. The Balaban J connectivity index is 2.44. The molecule has 0 fully saturated rings. The van der Waals surface area contributed by atoms with E-state index in [0.29, 0.717) is 6.42 Å². The fourth-order valence-electron chi connectivity index (χ4n) is 1.21. The van der Waals surface area contributed by atoms with Crippen molar-refractivity contribution in [2.75, 3.05) is 12.0 Å². The lowest BCUT2D eigenvalue weighted by molar-refractivity contribution is 0.200. The highest BCUT2D eigenvalue weighted by atomic mass is 32.2. The zero-order valence-electron chi connectivity index (χ0n) is 8.10. The van der Waals surface area contributed by atoms with E-state index in [2.05, 4.69) is 12.0 Å². The van der Waals surface area contributed by atoms with Crippen LogP contribution < -0.4 is 0 Å².